The van der Waals surface area contributed by atoms with Crippen LogP contribution in [-0.2, 0) is 16.0 Å². The molecule has 1 saturated heterocycles. The van der Waals surface area contributed by atoms with E-state index >= 15 is 0 Å². The van der Waals surface area contributed by atoms with E-state index in [1.165, 1.54) is 0 Å². The van der Waals surface area contributed by atoms with E-state index in [0.29, 0.717) is 24.6 Å². The smallest absolute Gasteiger partial charge is 0.317 e. The summed E-state index contributed by atoms with van der Waals surface area (Å²) in [6.45, 7) is 4.96. The summed E-state index contributed by atoms with van der Waals surface area (Å²) in [6, 6.07) is 5.80. The molecule has 2 rings (SSSR count). The zero-order valence-electron chi connectivity index (χ0n) is 16.7. The largest absolute Gasteiger partial charge is 0.493 e. The third-order valence-corrected chi connectivity index (χ3v) is 5.02. The van der Waals surface area contributed by atoms with Gasteiger partial charge in [0.25, 0.3) is 5.91 Å². The first-order valence-electron chi connectivity index (χ1n) is 9.55. The van der Waals surface area contributed by atoms with E-state index in [1.807, 2.05) is 36.2 Å². The van der Waals surface area contributed by atoms with E-state index in [4.69, 9.17) is 14.6 Å². The fourth-order valence-corrected chi connectivity index (χ4v) is 3.47. The molecule has 1 unspecified atom stereocenters. The summed E-state index contributed by atoms with van der Waals surface area (Å²) in [5.41, 5.74) is 1.06. The lowest BCUT2D eigenvalue weighted by atomic mass is 10.1. The predicted molar refractivity (Wildman–Crippen MR) is 107 cm³/mol. The second-order valence-electron chi connectivity index (χ2n) is 7.04. The lowest BCUT2D eigenvalue weighted by Crippen LogP contribution is -2.38. The lowest BCUT2D eigenvalue weighted by Gasteiger charge is -2.25. The van der Waals surface area contributed by atoms with Crippen LogP contribution in [0, 0.1) is 0 Å². The van der Waals surface area contributed by atoms with E-state index in [2.05, 4.69) is 6.58 Å². The highest BCUT2D eigenvalue weighted by molar-refractivity contribution is 5.78. The van der Waals surface area contributed by atoms with Crippen molar-refractivity contribution in [2.24, 2.45) is 0 Å². The topological polar surface area (TPSA) is 79.3 Å². The van der Waals surface area contributed by atoms with Crippen molar-refractivity contribution >= 4 is 11.9 Å². The monoisotopic (exact) mass is 390 g/mol. The molecule has 1 N–H and O–H groups in total. The molecule has 0 radical (unpaired) electrons. The Hall–Kier alpha value is -2.54. The molecule has 1 aliphatic rings. The minimum absolute atomic E-state index is 0.0172. The first-order chi connectivity index (χ1) is 13.4. The van der Waals surface area contributed by atoms with Crippen LogP contribution in [0.3, 0.4) is 0 Å². The quantitative estimate of drug-likeness (QED) is 0.651. The second kappa shape index (κ2) is 10.7. The van der Waals surface area contributed by atoms with Crippen LogP contribution >= 0.6 is 0 Å². The number of carbonyl (C=O) groups excluding carboxylic acids is 1. The third kappa shape index (κ3) is 6.27. The fraction of sp³-hybridized carbons (Fsp3) is 0.524. The number of hydrogen-bond acceptors (Lipinski definition) is 5. The number of allylic oxidation sites excluding steroid dienone is 1. The molecule has 0 aromatic heterocycles. The van der Waals surface area contributed by atoms with Gasteiger partial charge in [0.2, 0.25) is 0 Å². The summed E-state index contributed by atoms with van der Waals surface area (Å²) in [7, 11) is 3.39. The van der Waals surface area contributed by atoms with Crippen molar-refractivity contribution in [1.29, 1.82) is 0 Å². The van der Waals surface area contributed by atoms with Gasteiger partial charge in [-0.3, -0.25) is 14.5 Å². The zero-order valence-corrected chi connectivity index (χ0v) is 16.7. The average molecular weight is 390 g/mol. The van der Waals surface area contributed by atoms with Gasteiger partial charge in [0.1, 0.15) is 0 Å². The first-order valence-corrected chi connectivity index (χ1v) is 9.55. The summed E-state index contributed by atoms with van der Waals surface area (Å²) in [5, 5.41) is 8.96. The molecule has 7 heteroatoms. The maximum absolute atomic E-state index is 12.6. The number of likely N-dealkylation sites (tertiary alicyclic amines) is 1. The van der Waals surface area contributed by atoms with Crippen molar-refractivity contribution in [2.45, 2.75) is 31.7 Å². The average Bonchev–Trinajstić information content (AvgIpc) is 2.92. The van der Waals surface area contributed by atoms with Gasteiger partial charge in [-0.2, -0.15) is 0 Å². The van der Waals surface area contributed by atoms with Gasteiger partial charge in [-0.25, -0.2) is 0 Å². The highest BCUT2D eigenvalue weighted by atomic mass is 16.5. The van der Waals surface area contributed by atoms with Gasteiger partial charge < -0.3 is 19.5 Å². The van der Waals surface area contributed by atoms with Crippen molar-refractivity contribution in [2.75, 3.05) is 40.4 Å². The van der Waals surface area contributed by atoms with E-state index in [0.717, 1.165) is 31.2 Å². The van der Waals surface area contributed by atoms with Crippen LogP contribution in [0.5, 0.6) is 11.5 Å². The Morgan fingerprint density at radius 3 is 2.79 bits per heavy atom. The number of carboxylic acid groups (broad SMARTS) is 1. The van der Waals surface area contributed by atoms with Gasteiger partial charge in [-0.05, 0) is 50.4 Å². The molecule has 1 amide bonds. The van der Waals surface area contributed by atoms with Crippen LogP contribution in [0.4, 0.5) is 0 Å². The Morgan fingerprint density at radius 1 is 1.32 bits per heavy atom. The molecule has 28 heavy (non-hydrogen) atoms. The van der Waals surface area contributed by atoms with Gasteiger partial charge in [-0.15, -0.1) is 6.58 Å². The molecule has 1 atom stereocenters. The normalized spacial score (nSPS) is 17.1. The number of nitrogens with zero attached hydrogens (tertiary/aromatic N) is 2. The van der Waals surface area contributed by atoms with Crippen LogP contribution in [0.15, 0.2) is 30.9 Å². The number of carbonyl (C=O) groups is 2. The molecule has 0 aliphatic carbocycles. The number of hydrogen-bond donors (Lipinski definition) is 1. The SMILES string of the molecule is C=CCc1ccc(OCC(=O)N2CCCC(N(C)CC(=O)O)CC2)c(OC)c1. The number of methoxy groups -OCH3 is 1. The molecule has 0 bridgehead atoms. The van der Waals surface area contributed by atoms with Crippen molar-refractivity contribution in [3.63, 3.8) is 0 Å². The van der Waals surface area contributed by atoms with Crippen LogP contribution in [-0.4, -0.2) is 73.2 Å². The van der Waals surface area contributed by atoms with Gasteiger partial charge in [0.05, 0.1) is 13.7 Å². The Balaban J connectivity index is 1.89. The van der Waals surface area contributed by atoms with E-state index in [1.54, 1.807) is 12.0 Å². The van der Waals surface area contributed by atoms with Gasteiger partial charge in [0, 0.05) is 19.1 Å². The summed E-state index contributed by atoms with van der Waals surface area (Å²) in [4.78, 5) is 27.1. The number of amides is 1. The number of likely N-dealkylation sites (N-methyl/N-ethyl adjacent to an activating group) is 1. The van der Waals surface area contributed by atoms with Crippen LogP contribution in [0.1, 0.15) is 24.8 Å². The van der Waals surface area contributed by atoms with E-state index < -0.39 is 5.97 Å². The van der Waals surface area contributed by atoms with Crippen molar-refractivity contribution in [3.8, 4) is 11.5 Å². The summed E-state index contributed by atoms with van der Waals surface area (Å²) < 4.78 is 11.1. The molecule has 1 aromatic rings. The van der Waals surface area contributed by atoms with Gasteiger partial charge in [-0.1, -0.05) is 12.1 Å². The van der Waals surface area contributed by atoms with Crippen molar-refractivity contribution in [1.82, 2.24) is 9.80 Å². The highest BCUT2D eigenvalue weighted by Crippen LogP contribution is 2.28. The van der Waals surface area contributed by atoms with Gasteiger partial charge in [0.15, 0.2) is 18.1 Å². The molecular formula is C21H30N2O5. The molecule has 1 aromatic carbocycles. The van der Waals surface area contributed by atoms with Gasteiger partial charge >= 0.3 is 5.97 Å². The lowest BCUT2D eigenvalue weighted by molar-refractivity contribution is -0.138. The molecule has 0 saturated carbocycles. The maximum Gasteiger partial charge on any atom is 0.317 e. The van der Waals surface area contributed by atoms with Crippen LogP contribution in [0.25, 0.3) is 0 Å². The van der Waals surface area contributed by atoms with E-state index in [-0.39, 0.29) is 25.1 Å². The summed E-state index contributed by atoms with van der Waals surface area (Å²) >= 11 is 0. The first kappa shape index (κ1) is 21.8. The highest BCUT2D eigenvalue weighted by Gasteiger charge is 2.24. The Morgan fingerprint density at radius 2 is 2.11 bits per heavy atom. The maximum atomic E-state index is 12.6. The molecule has 154 valence electrons. The molecule has 1 fully saturated rings. The molecule has 7 nitrogen and oxygen atoms in total. The predicted octanol–water partition coefficient (Wildman–Crippen LogP) is 2.20. The third-order valence-electron chi connectivity index (χ3n) is 5.02. The van der Waals surface area contributed by atoms with Crippen LogP contribution < -0.4 is 9.47 Å². The van der Waals surface area contributed by atoms with Crippen LogP contribution in [0.2, 0.25) is 0 Å². The molecule has 1 aliphatic heterocycles. The Bertz CT molecular complexity index is 691. The van der Waals surface area contributed by atoms with Crippen molar-refractivity contribution in [3.05, 3.63) is 36.4 Å². The number of benzene rings is 1. The molecule has 1 heterocycles. The minimum Gasteiger partial charge on any atom is -0.493 e. The Labute approximate surface area is 166 Å². The summed E-state index contributed by atoms with van der Waals surface area (Å²) in [5.74, 6) is 0.232. The van der Waals surface area contributed by atoms with Crippen molar-refractivity contribution < 1.29 is 24.2 Å². The number of aliphatic carboxylic acids is 1. The number of rotatable bonds is 9. The van der Waals surface area contributed by atoms with E-state index in [9.17, 15) is 9.59 Å². The second-order valence-corrected chi connectivity index (χ2v) is 7.04. The summed E-state index contributed by atoms with van der Waals surface area (Å²) in [6.07, 6.45) is 5.04. The number of carboxylic acids is 1. The zero-order chi connectivity index (χ0) is 20.5. The molecule has 0 spiro atoms. The fourth-order valence-electron chi connectivity index (χ4n) is 3.47. The standard InChI is InChI=1S/C21H30N2O5/c1-4-6-16-8-9-18(19(13-16)27-3)28-15-20(24)23-11-5-7-17(10-12-23)22(2)14-21(25)26/h4,8-9,13,17H,1,5-7,10-12,14-15H2,2-3H3,(H,25,26). The molecular weight excluding hydrogens is 360 g/mol. The Kier molecular flexibility index (Phi) is 8.32. The minimum atomic E-state index is -0.832. The number of ether oxygens (including phenoxy) is 2.